The van der Waals surface area contributed by atoms with Gasteiger partial charge in [0.25, 0.3) is 0 Å². The average Bonchev–Trinajstić information content (AvgIpc) is 3.05. The molecule has 4 aromatic carbocycles. The molecule has 0 aliphatic heterocycles. The molecule has 0 atom stereocenters. The van der Waals surface area contributed by atoms with Crippen molar-refractivity contribution in [3.05, 3.63) is 127 Å². The van der Waals surface area contributed by atoms with E-state index in [0.717, 1.165) is 35.3 Å². The van der Waals surface area contributed by atoms with E-state index in [-0.39, 0.29) is 0 Å². The first-order valence-electron chi connectivity index (χ1n) is 14.9. The van der Waals surface area contributed by atoms with Crippen LogP contribution in [0.3, 0.4) is 0 Å². The summed E-state index contributed by atoms with van der Waals surface area (Å²) in [5.41, 5.74) is 2.75. The molecule has 1 heterocycles. The molecule has 0 aliphatic rings. The number of rotatable bonds is 14. The Labute approximate surface area is 249 Å². The van der Waals surface area contributed by atoms with Gasteiger partial charge in [0.1, 0.15) is 11.3 Å². The summed E-state index contributed by atoms with van der Waals surface area (Å²) in [5.74, 6) is 1.39. The first-order valence-corrected chi connectivity index (χ1v) is 16.5. The largest absolute Gasteiger partial charge is 0.494 e. The van der Waals surface area contributed by atoms with Gasteiger partial charge >= 0.3 is 7.37 Å². The maximum Gasteiger partial charge on any atom is 0.306 e. The Morgan fingerprint density at radius 1 is 0.690 bits per heavy atom. The fraction of sp³-hybridized carbons (Fsp3) is 0.216. The Morgan fingerprint density at radius 2 is 1.36 bits per heavy atom. The van der Waals surface area contributed by atoms with Crippen molar-refractivity contribution in [2.24, 2.45) is 0 Å². The maximum absolute atomic E-state index is 14.5. The SMILES string of the molecule is CCCCCCCCOc1ccc(/C=C/c2ccnc3c(OP(=O)(c4ccccc4)c4ccccc4)cccc23)cc1. The lowest BCUT2D eigenvalue weighted by Crippen LogP contribution is -2.20. The van der Waals surface area contributed by atoms with E-state index in [1.54, 1.807) is 6.20 Å². The van der Waals surface area contributed by atoms with Crippen LogP contribution < -0.4 is 19.9 Å². The van der Waals surface area contributed by atoms with Crippen LogP contribution in [-0.4, -0.2) is 11.6 Å². The van der Waals surface area contributed by atoms with Gasteiger partial charge < -0.3 is 9.26 Å². The normalized spacial score (nSPS) is 11.6. The van der Waals surface area contributed by atoms with Crippen LogP contribution in [0, 0.1) is 0 Å². The molecule has 0 radical (unpaired) electrons. The second kappa shape index (κ2) is 14.7. The molecule has 0 N–H and O–H groups in total. The molecular formula is C37H38NO3P. The number of fused-ring (bicyclic) bond motifs is 1. The Morgan fingerprint density at radius 3 is 2.05 bits per heavy atom. The molecule has 0 saturated carbocycles. The summed E-state index contributed by atoms with van der Waals surface area (Å²) in [4.78, 5) is 4.64. The Kier molecular flexibility index (Phi) is 10.2. The monoisotopic (exact) mass is 575 g/mol. The third kappa shape index (κ3) is 7.38. The number of pyridine rings is 1. The van der Waals surface area contributed by atoms with Gasteiger partial charge in [-0.05, 0) is 66.1 Å². The first-order chi connectivity index (χ1) is 20.7. The van der Waals surface area contributed by atoms with Crippen LogP contribution in [0.5, 0.6) is 11.5 Å². The third-order valence-corrected chi connectivity index (χ3v) is 9.70. The van der Waals surface area contributed by atoms with Crippen LogP contribution in [0.1, 0.15) is 56.6 Å². The highest BCUT2D eigenvalue weighted by Gasteiger charge is 2.30. The molecule has 5 heteroatoms. The lowest BCUT2D eigenvalue weighted by molar-refractivity contribution is 0.304. The molecule has 0 spiro atoms. The lowest BCUT2D eigenvalue weighted by atomic mass is 10.1. The molecule has 0 bridgehead atoms. The van der Waals surface area contributed by atoms with Crippen molar-refractivity contribution in [3.63, 3.8) is 0 Å². The van der Waals surface area contributed by atoms with Crippen LogP contribution in [0.2, 0.25) is 0 Å². The highest BCUT2D eigenvalue weighted by Crippen LogP contribution is 2.46. The lowest BCUT2D eigenvalue weighted by Gasteiger charge is -2.21. The van der Waals surface area contributed by atoms with Crippen molar-refractivity contribution in [2.45, 2.75) is 45.4 Å². The van der Waals surface area contributed by atoms with Crippen LogP contribution in [0.25, 0.3) is 23.1 Å². The first kappa shape index (κ1) is 29.4. The molecule has 42 heavy (non-hydrogen) atoms. The number of hydrogen-bond acceptors (Lipinski definition) is 4. The summed E-state index contributed by atoms with van der Waals surface area (Å²) in [7, 11) is -3.42. The molecule has 1 aromatic heterocycles. The predicted molar refractivity (Wildman–Crippen MR) is 176 cm³/mol. The van der Waals surface area contributed by atoms with E-state index in [1.807, 2.05) is 97.1 Å². The summed E-state index contributed by atoms with van der Waals surface area (Å²) >= 11 is 0. The molecule has 4 nitrogen and oxygen atoms in total. The number of para-hydroxylation sites is 1. The molecule has 214 valence electrons. The minimum Gasteiger partial charge on any atom is -0.494 e. The minimum absolute atomic E-state index is 0.491. The van der Waals surface area contributed by atoms with Gasteiger partial charge in [-0.25, -0.2) is 0 Å². The summed E-state index contributed by atoms with van der Waals surface area (Å²) in [5, 5.41) is 2.21. The van der Waals surface area contributed by atoms with Gasteiger partial charge in [-0.15, -0.1) is 0 Å². The van der Waals surface area contributed by atoms with E-state index in [1.165, 1.54) is 32.1 Å². The summed E-state index contributed by atoms with van der Waals surface area (Å²) in [6.45, 7) is 3.00. The topological polar surface area (TPSA) is 48.4 Å². The molecule has 0 aliphatic carbocycles. The Hall–Kier alpha value is -4.14. The molecule has 0 fully saturated rings. The number of hydrogen-bond donors (Lipinski definition) is 0. The zero-order valence-electron chi connectivity index (χ0n) is 24.2. The van der Waals surface area contributed by atoms with Crippen molar-refractivity contribution in [2.75, 3.05) is 6.61 Å². The van der Waals surface area contributed by atoms with E-state index >= 15 is 0 Å². The second-order valence-electron chi connectivity index (χ2n) is 10.4. The highest BCUT2D eigenvalue weighted by atomic mass is 31.2. The molecule has 0 unspecified atom stereocenters. The zero-order chi connectivity index (χ0) is 29.0. The average molecular weight is 576 g/mol. The van der Waals surface area contributed by atoms with Crippen molar-refractivity contribution in [1.82, 2.24) is 4.98 Å². The second-order valence-corrected chi connectivity index (χ2v) is 12.7. The van der Waals surface area contributed by atoms with Gasteiger partial charge in [-0.1, -0.05) is 112 Å². The van der Waals surface area contributed by atoms with Gasteiger partial charge in [0.05, 0.1) is 17.2 Å². The van der Waals surface area contributed by atoms with Crippen LogP contribution in [0.4, 0.5) is 0 Å². The van der Waals surface area contributed by atoms with E-state index in [0.29, 0.717) is 21.9 Å². The fourth-order valence-corrected chi connectivity index (χ4v) is 7.03. The van der Waals surface area contributed by atoms with Gasteiger partial charge in [-0.2, -0.15) is 0 Å². The van der Waals surface area contributed by atoms with Crippen molar-refractivity contribution in [1.29, 1.82) is 0 Å². The quantitative estimate of drug-likeness (QED) is 0.0977. The number of unbranched alkanes of at least 4 members (excludes halogenated alkanes) is 5. The summed E-state index contributed by atoms with van der Waals surface area (Å²) in [6, 6.07) is 34.7. The number of nitrogens with zero attached hydrogens (tertiary/aromatic N) is 1. The predicted octanol–water partition coefficient (Wildman–Crippen LogP) is 9.45. The smallest absolute Gasteiger partial charge is 0.306 e. The van der Waals surface area contributed by atoms with E-state index < -0.39 is 7.37 Å². The van der Waals surface area contributed by atoms with Crippen molar-refractivity contribution < 1.29 is 13.8 Å². The van der Waals surface area contributed by atoms with Crippen molar-refractivity contribution >= 4 is 41.0 Å². The Balaban J connectivity index is 1.32. The van der Waals surface area contributed by atoms with Gasteiger partial charge in [0, 0.05) is 11.6 Å². The zero-order valence-corrected chi connectivity index (χ0v) is 25.1. The van der Waals surface area contributed by atoms with E-state index in [2.05, 4.69) is 36.2 Å². The summed E-state index contributed by atoms with van der Waals surface area (Å²) < 4.78 is 26.9. The molecule has 0 amide bonds. The minimum atomic E-state index is -3.42. The number of aromatic nitrogens is 1. The van der Waals surface area contributed by atoms with Gasteiger partial charge in [0.15, 0.2) is 5.75 Å². The van der Waals surface area contributed by atoms with Crippen LogP contribution >= 0.6 is 7.37 Å². The maximum atomic E-state index is 14.5. The van der Waals surface area contributed by atoms with Gasteiger partial charge in [-0.3, -0.25) is 9.55 Å². The molecule has 5 rings (SSSR count). The van der Waals surface area contributed by atoms with Crippen molar-refractivity contribution in [3.8, 4) is 11.5 Å². The number of ether oxygens (including phenoxy) is 1. The Bertz CT molecular complexity index is 1590. The van der Waals surface area contributed by atoms with Gasteiger partial charge in [0.2, 0.25) is 0 Å². The molecule has 0 saturated heterocycles. The van der Waals surface area contributed by atoms with Crippen LogP contribution in [-0.2, 0) is 4.57 Å². The number of benzene rings is 4. The van der Waals surface area contributed by atoms with E-state index in [9.17, 15) is 4.57 Å². The van der Waals surface area contributed by atoms with E-state index in [4.69, 9.17) is 9.26 Å². The summed E-state index contributed by atoms with van der Waals surface area (Å²) in [6.07, 6.45) is 13.5. The molecular weight excluding hydrogens is 537 g/mol. The third-order valence-electron chi connectivity index (χ3n) is 7.29. The van der Waals surface area contributed by atoms with Crippen LogP contribution in [0.15, 0.2) is 115 Å². The fourth-order valence-electron chi connectivity index (χ4n) is 4.96. The standard InChI is InChI=1S/C37H38NO3P/c1-2-3-4-5-6-13-29-40-32-25-22-30(23-26-32)21-24-31-27-28-38-37-35(31)19-14-20-36(37)41-42(39,33-15-9-7-10-16-33)34-17-11-8-12-18-34/h7-12,14-28H,2-6,13,29H2,1H3/b24-21+. The molecule has 5 aromatic rings. The highest BCUT2D eigenvalue weighted by molar-refractivity contribution is 7.74.